The van der Waals surface area contributed by atoms with Crippen LogP contribution in [0.15, 0.2) is 36.5 Å². The van der Waals surface area contributed by atoms with Gasteiger partial charge in [0.25, 0.3) is 0 Å². The van der Waals surface area contributed by atoms with Gasteiger partial charge in [0.2, 0.25) is 11.8 Å². The van der Waals surface area contributed by atoms with Crippen molar-refractivity contribution in [3.8, 4) is 11.6 Å². The maximum atomic E-state index is 5.65. The van der Waals surface area contributed by atoms with Gasteiger partial charge >= 0.3 is 0 Å². The SMILES string of the molecule is CCOc1ccnc(NC2CCOc3ccccc32)n1. The second-order valence-electron chi connectivity index (χ2n) is 4.52. The van der Waals surface area contributed by atoms with Gasteiger partial charge in [-0.3, -0.25) is 0 Å². The van der Waals surface area contributed by atoms with E-state index in [4.69, 9.17) is 9.47 Å². The summed E-state index contributed by atoms with van der Waals surface area (Å²) in [6.07, 6.45) is 2.59. The van der Waals surface area contributed by atoms with Crippen LogP contribution in [0.4, 0.5) is 5.95 Å². The van der Waals surface area contributed by atoms with Gasteiger partial charge in [-0.15, -0.1) is 0 Å². The summed E-state index contributed by atoms with van der Waals surface area (Å²) < 4.78 is 11.0. The molecule has 5 heteroatoms. The second-order valence-corrected chi connectivity index (χ2v) is 4.52. The summed E-state index contributed by atoms with van der Waals surface area (Å²) in [5.74, 6) is 2.10. The molecule has 2 heterocycles. The third-order valence-electron chi connectivity index (χ3n) is 3.18. The molecule has 0 saturated carbocycles. The standard InChI is InChI=1S/C15H17N3O2/c1-2-19-14-7-9-16-15(18-14)17-12-8-10-20-13-6-4-3-5-11(12)13/h3-7,9,12H,2,8,10H2,1H3,(H,16,17,18). The Labute approximate surface area is 118 Å². The van der Waals surface area contributed by atoms with E-state index in [0.29, 0.717) is 25.0 Å². The Balaban J connectivity index is 1.80. The van der Waals surface area contributed by atoms with Crippen molar-refractivity contribution in [2.75, 3.05) is 18.5 Å². The Kier molecular flexibility index (Phi) is 3.67. The van der Waals surface area contributed by atoms with Crippen LogP contribution in [0.3, 0.4) is 0 Å². The van der Waals surface area contributed by atoms with E-state index >= 15 is 0 Å². The highest BCUT2D eigenvalue weighted by molar-refractivity contribution is 5.42. The number of hydrogen-bond acceptors (Lipinski definition) is 5. The average Bonchev–Trinajstić information content (AvgIpc) is 2.48. The normalized spacial score (nSPS) is 16.9. The molecule has 1 N–H and O–H groups in total. The maximum Gasteiger partial charge on any atom is 0.226 e. The summed E-state index contributed by atoms with van der Waals surface area (Å²) in [4.78, 5) is 8.59. The van der Waals surface area contributed by atoms with Crippen LogP contribution in [0, 0.1) is 0 Å². The van der Waals surface area contributed by atoms with E-state index in [1.54, 1.807) is 12.3 Å². The van der Waals surface area contributed by atoms with Crippen molar-refractivity contribution in [2.45, 2.75) is 19.4 Å². The molecule has 1 aliphatic heterocycles. The van der Waals surface area contributed by atoms with Gasteiger partial charge in [0.15, 0.2) is 0 Å². The van der Waals surface area contributed by atoms with Gasteiger partial charge in [0.1, 0.15) is 5.75 Å². The van der Waals surface area contributed by atoms with Gasteiger partial charge in [-0.2, -0.15) is 4.98 Å². The van der Waals surface area contributed by atoms with Gasteiger partial charge in [-0.25, -0.2) is 4.98 Å². The summed E-state index contributed by atoms with van der Waals surface area (Å²) in [7, 11) is 0. The van der Waals surface area contributed by atoms with Gasteiger partial charge < -0.3 is 14.8 Å². The minimum atomic E-state index is 0.164. The number of ether oxygens (including phenoxy) is 2. The fourth-order valence-corrected chi connectivity index (χ4v) is 2.29. The maximum absolute atomic E-state index is 5.65. The predicted molar refractivity (Wildman–Crippen MR) is 76.1 cm³/mol. The molecule has 1 unspecified atom stereocenters. The van der Waals surface area contributed by atoms with Crippen LogP contribution in [0.25, 0.3) is 0 Å². The van der Waals surface area contributed by atoms with Crippen molar-refractivity contribution in [3.05, 3.63) is 42.1 Å². The molecule has 1 aromatic carbocycles. The fraction of sp³-hybridized carbons (Fsp3) is 0.333. The number of anilines is 1. The van der Waals surface area contributed by atoms with Crippen molar-refractivity contribution < 1.29 is 9.47 Å². The molecule has 2 aromatic rings. The van der Waals surface area contributed by atoms with E-state index < -0.39 is 0 Å². The Morgan fingerprint density at radius 2 is 2.25 bits per heavy atom. The highest BCUT2D eigenvalue weighted by Gasteiger charge is 2.21. The number of hydrogen-bond donors (Lipinski definition) is 1. The molecule has 0 amide bonds. The molecule has 1 atom stereocenters. The first-order chi connectivity index (χ1) is 9.86. The first-order valence-corrected chi connectivity index (χ1v) is 6.81. The highest BCUT2D eigenvalue weighted by atomic mass is 16.5. The zero-order valence-corrected chi connectivity index (χ0v) is 11.4. The molecule has 0 aliphatic carbocycles. The smallest absolute Gasteiger partial charge is 0.226 e. The van der Waals surface area contributed by atoms with Crippen molar-refractivity contribution in [1.82, 2.24) is 9.97 Å². The Morgan fingerprint density at radius 1 is 1.35 bits per heavy atom. The van der Waals surface area contributed by atoms with E-state index in [9.17, 15) is 0 Å². The van der Waals surface area contributed by atoms with E-state index in [2.05, 4.69) is 21.4 Å². The minimum Gasteiger partial charge on any atom is -0.493 e. The van der Waals surface area contributed by atoms with Gasteiger partial charge in [-0.1, -0.05) is 18.2 Å². The molecule has 3 rings (SSSR count). The van der Waals surface area contributed by atoms with Crippen LogP contribution < -0.4 is 14.8 Å². The Morgan fingerprint density at radius 3 is 3.15 bits per heavy atom. The molecular formula is C15H17N3O2. The lowest BCUT2D eigenvalue weighted by molar-refractivity contribution is 0.274. The first kappa shape index (κ1) is 12.7. The lowest BCUT2D eigenvalue weighted by atomic mass is 10.0. The fourth-order valence-electron chi connectivity index (χ4n) is 2.29. The Hall–Kier alpha value is -2.30. The van der Waals surface area contributed by atoms with Crippen molar-refractivity contribution in [2.24, 2.45) is 0 Å². The van der Waals surface area contributed by atoms with Crippen LogP contribution in [0.1, 0.15) is 24.9 Å². The van der Waals surface area contributed by atoms with Crippen molar-refractivity contribution in [1.29, 1.82) is 0 Å². The number of fused-ring (bicyclic) bond motifs is 1. The molecule has 0 radical (unpaired) electrons. The topological polar surface area (TPSA) is 56.3 Å². The van der Waals surface area contributed by atoms with Gasteiger partial charge in [0, 0.05) is 24.2 Å². The average molecular weight is 271 g/mol. The predicted octanol–water partition coefficient (Wildman–Crippen LogP) is 2.81. The minimum absolute atomic E-state index is 0.164. The first-order valence-electron chi connectivity index (χ1n) is 6.81. The largest absolute Gasteiger partial charge is 0.493 e. The second kappa shape index (κ2) is 5.77. The van der Waals surface area contributed by atoms with Crippen LogP contribution in [0.2, 0.25) is 0 Å². The van der Waals surface area contributed by atoms with E-state index in [-0.39, 0.29) is 6.04 Å². The number of aromatic nitrogens is 2. The molecule has 0 spiro atoms. The zero-order chi connectivity index (χ0) is 13.8. The lowest BCUT2D eigenvalue weighted by Gasteiger charge is -2.26. The van der Waals surface area contributed by atoms with E-state index in [1.807, 2.05) is 25.1 Å². The molecule has 1 aliphatic rings. The van der Waals surface area contributed by atoms with Crippen LogP contribution in [-0.2, 0) is 0 Å². The van der Waals surface area contributed by atoms with Crippen LogP contribution >= 0.6 is 0 Å². The number of nitrogens with one attached hydrogen (secondary N) is 1. The molecule has 20 heavy (non-hydrogen) atoms. The summed E-state index contributed by atoms with van der Waals surface area (Å²) in [6, 6.07) is 9.97. The quantitative estimate of drug-likeness (QED) is 0.926. The summed E-state index contributed by atoms with van der Waals surface area (Å²) in [6.45, 7) is 3.22. The van der Waals surface area contributed by atoms with Crippen molar-refractivity contribution >= 4 is 5.95 Å². The van der Waals surface area contributed by atoms with Crippen LogP contribution in [0.5, 0.6) is 11.6 Å². The third kappa shape index (κ3) is 2.66. The molecular weight excluding hydrogens is 254 g/mol. The third-order valence-corrected chi connectivity index (χ3v) is 3.18. The van der Waals surface area contributed by atoms with Gasteiger partial charge in [0.05, 0.1) is 19.3 Å². The lowest BCUT2D eigenvalue weighted by Crippen LogP contribution is -2.21. The molecule has 5 nitrogen and oxygen atoms in total. The molecule has 0 bridgehead atoms. The van der Waals surface area contributed by atoms with Gasteiger partial charge in [-0.05, 0) is 13.0 Å². The molecule has 0 fully saturated rings. The van der Waals surface area contributed by atoms with Crippen molar-refractivity contribution in [3.63, 3.8) is 0 Å². The summed E-state index contributed by atoms with van der Waals surface area (Å²) in [5, 5.41) is 3.35. The Bertz CT molecular complexity index is 589. The number of nitrogens with zero attached hydrogens (tertiary/aromatic N) is 2. The number of benzene rings is 1. The molecule has 104 valence electrons. The van der Waals surface area contributed by atoms with Crippen LogP contribution in [-0.4, -0.2) is 23.2 Å². The number of rotatable bonds is 4. The zero-order valence-electron chi connectivity index (χ0n) is 11.4. The van der Waals surface area contributed by atoms with E-state index in [0.717, 1.165) is 17.7 Å². The molecule has 1 aromatic heterocycles. The summed E-state index contributed by atoms with van der Waals surface area (Å²) >= 11 is 0. The monoisotopic (exact) mass is 271 g/mol. The van der Waals surface area contributed by atoms with E-state index in [1.165, 1.54) is 0 Å². The highest BCUT2D eigenvalue weighted by Crippen LogP contribution is 2.33. The molecule has 0 saturated heterocycles. The number of para-hydroxylation sites is 1. The summed E-state index contributed by atoms with van der Waals surface area (Å²) in [5.41, 5.74) is 1.14.